The van der Waals surface area contributed by atoms with Gasteiger partial charge in [-0.1, -0.05) is 12.1 Å². The predicted molar refractivity (Wildman–Crippen MR) is 82.3 cm³/mol. The Morgan fingerprint density at radius 3 is 2.70 bits per heavy atom. The molecule has 0 aliphatic carbocycles. The lowest BCUT2D eigenvalue weighted by molar-refractivity contribution is -0.120. The zero-order valence-corrected chi connectivity index (χ0v) is 12.6. The van der Waals surface area contributed by atoms with Gasteiger partial charge < -0.3 is 20.3 Å². The van der Waals surface area contributed by atoms with Gasteiger partial charge in [-0.05, 0) is 33.2 Å². The summed E-state index contributed by atoms with van der Waals surface area (Å²) < 4.78 is 5.52. The van der Waals surface area contributed by atoms with Crippen LogP contribution >= 0.6 is 0 Å². The second kappa shape index (κ2) is 9.20. The predicted octanol–water partition coefficient (Wildman–Crippen LogP) is 1.57. The van der Waals surface area contributed by atoms with Crippen molar-refractivity contribution in [3.05, 3.63) is 24.3 Å². The quantitative estimate of drug-likeness (QED) is 0.720. The van der Waals surface area contributed by atoms with Crippen LogP contribution < -0.4 is 15.4 Å². The lowest BCUT2D eigenvalue weighted by atomic mass is 10.3. The van der Waals surface area contributed by atoms with Crippen molar-refractivity contribution in [1.82, 2.24) is 10.2 Å². The number of carbonyl (C=O) groups is 1. The first-order valence-corrected chi connectivity index (χ1v) is 7.00. The number of rotatable bonds is 9. The Bertz CT molecular complexity index is 408. The molecule has 112 valence electrons. The maximum Gasteiger partial charge on any atom is 0.221 e. The summed E-state index contributed by atoms with van der Waals surface area (Å²) >= 11 is 0. The van der Waals surface area contributed by atoms with Crippen LogP contribution in [0.15, 0.2) is 24.3 Å². The van der Waals surface area contributed by atoms with E-state index in [-0.39, 0.29) is 5.91 Å². The van der Waals surface area contributed by atoms with Crippen LogP contribution in [0.25, 0.3) is 0 Å². The maximum atomic E-state index is 11.6. The number of ether oxygens (including phenoxy) is 1. The summed E-state index contributed by atoms with van der Waals surface area (Å²) in [6.45, 7) is 4.71. The van der Waals surface area contributed by atoms with Gasteiger partial charge in [0.1, 0.15) is 5.75 Å². The molecule has 0 aromatic heterocycles. The van der Waals surface area contributed by atoms with E-state index in [9.17, 15) is 4.79 Å². The second-order valence-electron chi connectivity index (χ2n) is 4.76. The van der Waals surface area contributed by atoms with Gasteiger partial charge in [-0.25, -0.2) is 0 Å². The third kappa shape index (κ3) is 6.43. The van der Waals surface area contributed by atoms with Crippen LogP contribution in [0.1, 0.15) is 13.3 Å². The summed E-state index contributed by atoms with van der Waals surface area (Å²) in [5.74, 6) is 0.885. The molecular formula is C15H25N3O2. The topological polar surface area (TPSA) is 53.6 Å². The van der Waals surface area contributed by atoms with Gasteiger partial charge in [0.25, 0.3) is 0 Å². The molecule has 1 rings (SSSR count). The molecule has 0 atom stereocenters. The zero-order valence-electron chi connectivity index (χ0n) is 12.6. The van der Waals surface area contributed by atoms with E-state index in [1.54, 1.807) is 0 Å². The molecule has 0 aliphatic rings. The van der Waals surface area contributed by atoms with Gasteiger partial charge in [0.15, 0.2) is 0 Å². The molecule has 0 radical (unpaired) electrons. The summed E-state index contributed by atoms with van der Waals surface area (Å²) in [5, 5.41) is 6.12. The molecule has 0 spiro atoms. The van der Waals surface area contributed by atoms with Crippen molar-refractivity contribution in [1.29, 1.82) is 0 Å². The SMILES string of the molecule is CCOc1ccccc1NCCC(=O)NCCN(C)C. The highest BCUT2D eigenvalue weighted by Crippen LogP contribution is 2.23. The number of anilines is 1. The third-order valence-corrected chi connectivity index (χ3v) is 2.74. The van der Waals surface area contributed by atoms with Crippen LogP contribution in [-0.4, -0.2) is 51.1 Å². The summed E-state index contributed by atoms with van der Waals surface area (Å²) in [7, 11) is 3.97. The van der Waals surface area contributed by atoms with Gasteiger partial charge in [0.05, 0.1) is 12.3 Å². The van der Waals surface area contributed by atoms with Crippen molar-refractivity contribution >= 4 is 11.6 Å². The minimum Gasteiger partial charge on any atom is -0.492 e. The van der Waals surface area contributed by atoms with Gasteiger partial charge in [0, 0.05) is 26.1 Å². The van der Waals surface area contributed by atoms with Crippen LogP contribution in [0.5, 0.6) is 5.75 Å². The molecule has 0 fully saturated rings. The Hall–Kier alpha value is -1.75. The average molecular weight is 279 g/mol. The molecule has 5 heteroatoms. The third-order valence-electron chi connectivity index (χ3n) is 2.74. The first-order valence-electron chi connectivity index (χ1n) is 7.00. The van der Waals surface area contributed by atoms with Gasteiger partial charge in [-0.3, -0.25) is 4.79 Å². The van der Waals surface area contributed by atoms with E-state index in [0.717, 1.165) is 18.0 Å². The molecule has 1 aromatic carbocycles. The first kappa shape index (κ1) is 16.3. The van der Waals surface area contributed by atoms with Crippen molar-refractivity contribution in [2.45, 2.75) is 13.3 Å². The molecule has 0 bridgehead atoms. The number of benzene rings is 1. The second-order valence-corrected chi connectivity index (χ2v) is 4.76. The fourth-order valence-electron chi connectivity index (χ4n) is 1.71. The molecule has 5 nitrogen and oxygen atoms in total. The highest BCUT2D eigenvalue weighted by molar-refractivity contribution is 5.76. The lowest BCUT2D eigenvalue weighted by Gasteiger charge is -2.13. The van der Waals surface area contributed by atoms with Crippen LogP contribution in [0.2, 0.25) is 0 Å². The number of carbonyl (C=O) groups excluding carboxylic acids is 1. The van der Waals surface area contributed by atoms with Crippen molar-refractivity contribution in [2.24, 2.45) is 0 Å². The van der Waals surface area contributed by atoms with Gasteiger partial charge in [-0.15, -0.1) is 0 Å². The number of amides is 1. The Kier molecular flexibility index (Phi) is 7.50. The molecule has 0 saturated carbocycles. The number of hydrogen-bond donors (Lipinski definition) is 2. The minimum absolute atomic E-state index is 0.0632. The van der Waals surface area contributed by atoms with Crippen LogP contribution in [0, 0.1) is 0 Å². The fraction of sp³-hybridized carbons (Fsp3) is 0.533. The van der Waals surface area contributed by atoms with Crippen LogP contribution in [0.4, 0.5) is 5.69 Å². The van der Waals surface area contributed by atoms with E-state index in [4.69, 9.17) is 4.74 Å². The number of nitrogens with one attached hydrogen (secondary N) is 2. The molecule has 0 aliphatic heterocycles. The van der Waals surface area contributed by atoms with Crippen molar-refractivity contribution in [3.63, 3.8) is 0 Å². The van der Waals surface area contributed by atoms with Gasteiger partial charge in [0.2, 0.25) is 5.91 Å². The highest BCUT2D eigenvalue weighted by atomic mass is 16.5. The summed E-state index contributed by atoms with van der Waals surface area (Å²) in [6.07, 6.45) is 0.452. The van der Waals surface area contributed by atoms with E-state index in [1.807, 2.05) is 50.2 Å². The molecule has 0 heterocycles. The summed E-state index contributed by atoms with van der Waals surface area (Å²) in [5.41, 5.74) is 0.926. The van der Waals surface area contributed by atoms with E-state index in [2.05, 4.69) is 10.6 Å². The van der Waals surface area contributed by atoms with E-state index < -0.39 is 0 Å². The Balaban J connectivity index is 2.28. The van der Waals surface area contributed by atoms with Crippen LogP contribution in [-0.2, 0) is 4.79 Å². The van der Waals surface area contributed by atoms with Crippen molar-refractivity contribution in [2.75, 3.05) is 45.7 Å². The van der Waals surface area contributed by atoms with E-state index >= 15 is 0 Å². The monoisotopic (exact) mass is 279 g/mol. The molecule has 0 saturated heterocycles. The maximum absolute atomic E-state index is 11.6. The molecule has 1 amide bonds. The van der Waals surface area contributed by atoms with Crippen molar-refractivity contribution in [3.8, 4) is 5.75 Å². The number of likely N-dealkylation sites (N-methyl/N-ethyl adjacent to an activating group) is 1. The van der Waals surface area contributed by atoms with Crippen molar-refractivity contribution < 1.29 is 9.53 Å². The first-order chi connectivity index (χ1) is 9.63. The number of para-hydroxylation sites is 2. The molecule has 1 aromatic rings. The highest BCUT2D eigenvalue weighted by Gasteiger charge is 2.04. The number of nitrogens with zero attached hydrogens (tertiary/aromatic N) is 1. The van der Waals surface area contributed by atoms with Gasteiger partial charge >= 0.3 is 0 Å². The number of hydrogen-bond acceptors (Lipinski definition) is 4. The average Bonchev–Trinajstić information content (AvgIpc) is 2.40. The van der Waals surface area contributed by atoms with E-state index in [0.29, 0.717) is 26.1 Å². The lowest BCUT2D eigenvalue weighted by Crippen LogP contribution is -2.32. The van der Waals surface area contributed by atoms with E-state index in [1.165, 1.54) is 0 Å². The zero-order chi connectivity index (χ0) is 14.8. The Labute approximate surface area is 121 Å². The Morgan fingerprint density at radius 2 is 2.00 bits per heavy atom. The standard InChI is InChI=1S/C15H25N3O2/c1-4-20-14-8-6-5-7-13(14)16-10-9-15(19)17-11-12-18(2)3/h5-8,16H,4,9-12H2,1-3H3,(H,17,19). The smallest absolute Gasteiger partial charge is 0.221 e. The molecule has 2 N–H and O–H groups in total. The summed E-state index contributed by atoms with van der Waals surface area (Å²) in [4.78, 5) is 13.7. The fourth-order valence-corrected chi connectivity index (χ4v) is 1.71. The van der Waals surface area contributed by atoms with Gasteiger partial charge in [-0.2, -0.15) is 0 Å². The largest absolute Gasteiger partial charge is 0.492 e. The van der Waals surface area contributed by atoms with Crippen LogP contribution in [0.3, 0.4) is 0 Å². The summed E-state index contributed by atoms with van der Waals surface area (Å²) in [6, 6.07) is 7.75. The molecule has 20 heavy (non-hydrogen) atoms. The molecular weight excluding hydrogens is 254 g/mol. The normalized spacial score (nSPS) is 10.4. The Morgan fingerprint density at radius 1 is 1.25 bits per heavy atom. The molecule has 0 unspecified atom stereocenters. The minimum atomic E-state index is 0.0632.